The molecule has 0 aliphatic heterocycles. The van der Waals surface area contributed by atoms with Gasteiger partial charge in [0.05, 0.1) is 5.69 Å². The SMILES string of the molecule is CCC(C)n1ccc(CSc2ccc(C(C)NC)cc2)n1. The lowest BCUT2D eigenvalue weighted by Crippen LogP contribution is -2.11. The van der Waals surface area contributed by atoms with E-state index >= 15 is 0 Å². The normalized spacial score (nSPS) is 14.1. The summed E-state index contributed by atoms with van der Waals surface area (Å²) in [6.07, 6.45) is 3.20. The molecule has 21 heavy (non-hydrogen) atoms. The van der Waals surface area contributed by atoms with Gasteiger partial charge >= 0.3 is 0 Å². The lowest BCUT2D eigenvalue weighted by atomic mass is 10.1. The summed E-state index contributed by atoms with van der Waals surface area (Å²) in [4.78, 5) is 1.29. The summed E-state index contributed by atoms with van der Waals surface area (Å²) in [7, 11) is 1.99. The van der Waals surface area contributed by atoms with E-state index in [1.807, 2.05) is 18.8 Å². The highest BCUT2D eigenvalue weighted by Gasteiger charge is 2.06. The van der Waals surface area contributed by atoms with Crippen LogP contribution in [0, 0.1) is 0 Å². The van der Waals surface area contributed by atoms with Crippen LogP contribution in [0.1, 0.15) is 50.5 Å². The van der Waals surface area contributed by atoms with Crippen molar-refractivity contribution < 1.29 is 0 Å². The molecule has 0 spiro atoms. The third kappa shape index (κ3) is 4.35. The summed E-state index contributed by atoms with van der Waals surface area (Å²) in [5.41, 5.74) is 2.47. The van der Waals surface area contributed by atoms with Gasteiger partial charge in [-0.15, -0.1) is 11.8 Å². The second-order valence-corrected chi connectivity index (χ2v) is 6.46. The van der Waals surface area contributed by atoms with Crippen LogP contribution in [-0.4, -0.2) is 16.8 Å². The van der Waals surface area contributed by atoms with Crippen LogP contribution >= 0.6 is 11.8 Å². The van der Waals surface area contributed by atoms with Gasteiger partial charge in [0.2, 0.25) is 0 Å². The lowest BCUT2D eigenvalue weighted by molar-refractivity contribution is 0.475. The smallest absolute Gasteiger partial charge is 0.0727 e. The van der Waals surface area contributed by atoms with Gasteiger partial charge in [-0.05, 0) is 51.1 Å². The van der Waals surface area contributed by atoms with Crippen LogP contribution < -0.4 is 5.32 Å². The Morgan fingerprint density at radius 2 is 1.90 bits per heavy atom. The number of rotatable bonds is 7. The quantitative estimate of drug-likeness (QED) is 0.768. The van der Waals surface area contributed by atoms with Crippen LogP contribution in [0.3, 0.4) is 0 Å². The highest BCUT2D eigenvalue weighted by molar-refractivity contribution is 7.98. The van der Waals surface area contributed by atoms with Crippen molar-refractivity contribution in [3.63, 3.8) is 0 Å². The topological polar surface area (TPSA) is 29.9 Å². The average molecular weight is 303 g/mol. The molecule has 0 saturated heterocycles. The highest BCUT2D eigenvalue weighted by atomic mass is 32.2. The van der Waals surface area contributed by atoms with Crippen molar-refractivity contribution in [2.75, 3.05) is 7.05 Å². The number of benzene rings is 1. The van der Waals surface area contributed by atoms with Gasteiger partial charge in [-0.2, -0.15) is 5.10 Å². The van der Waals surface area contributed by atoms with Crippen molar-refractivity contribution >= 4 is 11.8 Å². The molecule has 1 aromatic carbocycles. The monoisotopic (exact) mass is 303 g/mol. The molecular weight excluding hydrogens is 278 g/mol. The number of hydrogen-bond acceptors (Lipinski definition) is 3. The van der Waals surface area contributed by atoms with Gasteiger partial charge in [-0.3, -0.25) is 4.68 Å². The lowest BCUT2D eigenvalue weighted by Gasteiger charge is -2.10. The Balaban J connectivity index is 1.92. The van der Waals surface area contributed by atoms with Crippen molar-refractivity contribution in [2.24, 2.45) is 0 Å². The summed E-state index contributed by atoms with van der Waals surface area (Å²) in [5, 5.41) is 7.90. The van der Waals surface area contributed by atoms with Crippen molar-refractivity contribution in [1.29, 1.82) is 0 Å². The first-order valence-corrected chi connectivity index (χ1v) is 8.56. The number of nitrogens with one attached hydrogen (secondary N) is 1. The van der Waals surface area contributed by atoms with E-state index in [1.165, 1.54) is 10.5 Å². The van der Waals surface area contributed by atoms with Crippen LogP contribution in [0.2, 0.25) is 0 Å². The molecule has 4 heteroatoms. The van der Waals surface area contributed by atoms with E-state index in [0.717, 1.165) is 17.9 Å². The van der Waals surface area contributed by atoms with Crippen LogP contribution in [0.5, 0.6) is 0 Å². The first-order chi connectivity index (χ1) is 10.1. The summed E-state index contributed by atoms with van der Waals surface area (Å²) < 4.78 is 2.06. The van der Waals surface area contributed by atoms with E-state index in [-0.39, 0.29) is 0 Å². The molecule has 0 amide bonds. The molecule has 0 radical (unpaired) electrons. The maximum Gasteiger partial charge on any atom is 0.0727 e. The molecule has 3 nitrogen and oxygen atoms in total. The van der Waals surface area contributed by atoms with Gasteiger partial charge in [0.25, 0.3) is 0 Å². The molecule has 0 saturated carbocycles. The number of thioether (sulfide) groups is 1. The number of aromatic nitrogens is 2. The molecule has 0 bridgehead atoms. The molecule has 0 aliphatic rings. The maximum atomic E-state index is 4.64. The number of hydrogen-bond donors (Lipinski definition) is 1. The zero-order valence-corrected chi connectivity index (χ0v) is 14.2. The zero-order valence-electron chi connectivity index (χ0n) is 13.3. The highest BCUT2D eigenvalue weighted by Crippen LogP contribution is 2.24. The van der Waals surface area contributed by atoms with Gasteiger partial charge in [-0.25, -0.2) is 0 Å². The maximum absolute atomic E-state index is 4.64. The molecule has 2 aromatic rings. The second kappa shape index (κ2) is 7.66. The first kappa shape index (κ1) is 16.1. The van der Waals surface area contributed by atoms with Crippen LogP contribution in [0.25, 0.3) is 0 Å². The Morgan fingerprint density at radius 1 is 1.19 bits per heavy atom. The average Bonchev–Trinajstić information content (AvgIpc) is 3.01. The molecule has 2 rings (SSSR count). The van der Waals surface area contributed by atoms with Crippen LogP contribution in [-0.2, 0) is 5.75 Å². The van der Waals surface area contributed by atoms with Crippen molar-refractivity contribution in [2.45, 2.75) is 49.9 Å². The zero-order chi connectivity index (χ0) is 15.2. The minimum Gasteiger partial charge on any atom is -0.313 e. The Morgan fingerprint density at radius 3 is 2.52 bits per heavy atom. The van der Waals surface area contributed by atoms with Gasteiger partial charge in [0.1, 0.15) is 0 Å². The molecule has 1 aromatic heterocycles. The molecule has 2 unspecified atom stereocenters. The number of nitrogens with zero attached hydrogens (tertiary/aromatic N) is 2. The Labute approximate surface area is 132 Å². The molecule has 114 valence electrons. The standard InChI is InChI=1S/C17H25N3S/c1-5-13(2)20-11-10-16(19-20)12-21-17-8-6-15(7-9-17)14(3)18-4/h6-11,13-14,18H,5,12H2,1-4H3. The fourth-order valence-corrected chi connectivity index (χ4v) is 2.86. The predicted octanol–water partition coefficient (Wildman–Crippen LogP) is 4.43. The Hall–Kier alpha value is -1.26. The third-order valence-electron chi connectivity index (χ3n) is 3.91. The minimum absolute atomic E-state index is 0.398. The Bertz CT molecular complexity index is 547. The fraction of sp³-hybridized carbons (Fsp3) is 0.471. The molecule has 0 fully saturated rings. The summed E-state index contributed by atoms with van der Waals surface area (Å²) >= 11 is 1.84. The van der Waals surface area contributed by atoms with Crippen LogP contribution in [0.4, 0.5) is 0 Å². The minimum atomic E-state index is 0.398. The molecule has 1 heterocycles. The molecule has 1 N–H and O–H groups in total. The van der Waals surface area contributed by atoms with E-state index in [0.29, 0.717) is 12.1 Å². The first-order valence-electron chi connectivity index (χ1n) is 7.58. The summed E-state index contributed by atoms with van der Waals surface area (Å²) in [5.74, 6) is 0.921. The third-order valence-corrected chi connectivity index (χ3v) is 4.95. The van der Waals surface area contributed by atoms with Gasteiger partial charge in [0, 0.05) is 28.9 Å². The van der Waals surface area contributed by atoms with Gasteiger partial charge in [0.15, 0.2) is 0 Å². The van der Waals surface area contributed by atoms with Gasteiger partial charge in [-0.1, -0.05) is 19.1 Å². The predicted molar refractivity (Wildman–Crippen MR) is 90.7 cm³/mol. The van der Waals surface area contributed by atoms with E-state index in [1.54, 1.807) is 0 Å². The summed E-state index contributed by atoms with van der Waals surface area (Å²) in [6, 6.07) is 11.8. The van der Waals surface area contributed by atoms with Crippen molar-refractivity contribution in [3.05, 3.63) is 47.8 Å². The van der Waals surface area contributed by atoms with E-state index in [9.17, 15) is 0 Å². The second-order valence-electron chi connectivity index (χ2n) is 5.41. The summed E-state index contributed by atoms with van der Waals surface area (Å²) in [6.45, 7) is 6.56. The molecule has 0 aliphatic carbocycles. The van der Waals surface area contributed by atoms with E-state index in [2.05, 4.69) is 72.4 Å². The van der Waals surface area contributed by atoms with E-state index in [4.69, 9.17) is 0 Å². The van der Waals surface area contributed by atoms with Crippen molar-refractivity contribution in [1.82, 2.24) is 15.1 Å². The van der Waals surface area contributed by atoms with E-state index < -0.39 is 0 Å². The Kier molecular flexibility index (Phi) is 5.88. The fourth-order valence-electron chi connectivity index (χ4n) is 2.06. The van der Waals surface area contributed by atoms with Crippen LogP contribution in [0.15, 0.2) is 41.4 Å². The van der Waals surface area contributed by atoms with Gasteiger partial charge < -0.3 is 5.32 Å². The molecular formula is C17H25N3S. The largest absolute Gasteiger partial charge is 0.313 e. The van der Waals surface area contributed by atoms with Crippen molar-refractivity contribution in [3.8, 4) is 0 Å². The molecule has 2 atom stereocenters.